The van der Waals surface area contributed by atoms with Crippen LogP contribution in [0.15, 0.2) is 47.4 Å². The molecule has 2 amide bonds. The fourth-order valence-corrected chi connectivity index (χ4v) is 6.26. The van der Waals surface area contributed by atoms with E-state index in [0.717, 1.165) is 36.8 Å². The zero-order valence-electron chi connectivity index (χ0n) is 19.9. The van der Waals surface area contributed by atoms with Crippen molar-refractivity contribution >= 4 is 21.8 Å². The smallest absolute Gasteiger partial charge is 0.253 e. The SMILES string of the molecule is CN(C)C(=O)c1ccc(CNC(=O)C2CCN(S(=O)(=O)c3ccc4c(c3)CCCC4)CC2)cc1. The lowest BCUT2D eigenvalue weighted by Gasteiger charge is -2.31. The summed E-state index contributed by atoms with van der Waals surface area (Å²) in [5.41, 5.74) is 3.93. The molecule has 7 nitrogen and oxygen atoms in total. The van der Waals surface area contributed by atoms with Crippen LogP contribution in [0.3, 0.4) is 0 Å². The van der Waals surface area contributed by atoms with E-state index in [1.165, 1.54) is 14.8 Å². The van der Waals surface area contributed by atoms with Crippen molar-refractivity contribution in [2.24, 2.45) is 5.92 Å². The van der Waals surface area contributed by atoms with Crippen LogP contribution in [0.4, 0.5) is 0 Å². The molecule has 1 aliphatic heterocycles. The van der Waals surface area contributed by atoms with Crippen molar-refractivity contribution in [3.05, 3.63) is 64.7 Å². The summed E-state index contributed by atoms with van der Waals surface area (Å²) in [4.78, 5) is 26.6. The number of sulfonamides is 1. The molecule has 1 N–H and O–H groups in total. The van der Waals surface area contributed by atoms with Gasteiger partial charge in [-0.1, -0.05) is 18.2 Å². The molecule has 2 aliphatic rings. The second kappa shape index (κ2) is 10.3. The minimum atomic E-state index is -3.55. The number of rotatable bonds is 6. The second-order valence-corrected chi connectivity index (χ2v) is 11.4. The minimum Gasteiger partial charge on any atom is -0.352 e. The highest BCUT2D eigenvalue weighted by atomic mass is 32.2. The van der Waals surface area contributed by atoms with Gasteiger partial charge in [-0.2, -0.15) is 4.31 Å². The van der Waals surface area contributed by atoms with E-state index >= 15 is 0 Å². The van der Waals surface area contributed by atoms with Crippen molar-refractivity contribution < 1.29 is 18.0 Å². The summed E-state index contributed by atoms with van der Waals surface area (Å²) in [6, 6.07) is 12.7. The molecule has 0 atom stereocenters. The number of carbonyl (C=O) groups excluding carboxylic acids is 2. The van der Waals surface area contributed by atoms with Crippen LogP contribution in [0.2, 0.25) is 0 Å². The Morgan fingerprint density at radius 3 is 2.26 bits per heavy atom. The molecule has 0 unspecified atom stereocenters. The Kier molecular flexibility index (Phi) is 7.38. The molecule has 2 aromatic rings. The van der Waals surface area contributed by atoms with Gasteiger partial charge in [0.2, 0.25) is 15.9 Å². The van der Waals surface area contributed by atoms with Crippen molar-refractivity contribution in [2.75, 3.05) is 27.2 Å². The van der Waals surface area contributed by atoms with Crippen molar-refractivity contribution in [3.8, 4) is 0 Å². The van der Waals surface area contributed by atoms with E-state index in [-0.39, 0.29) is 17.7 Å². The summed E-state index contributed by atoms with van der Waals surface area (Å²) in [7, 11) is -0.130. The molecule has 1 aliphatic carbocycles. The maximum atomic E-state index is 13.2. The third-order valence-corrected chi connectivity index (χ3v) is 8.75. The Balaban J connectivity index is 1.30. The third kappa shape index (κ3) is 5.33. The number of benzene rings is 2. The van der Waals surface area contributed by atoms with Crippen LogP contribution in [0.5, 0.6) is 0 Å². The summed E-state index contributed by atoms with van der Waals surface area (Å²) < 4.78 is 27.9. The zero-order chi connectivity index (χ0) is 24.3. The van der Waals surface area contributed by atoms with Gasteiger partial charge in [0.15, 0.2) is 0 Å². The second-order valence-electron chi connectivity index (χ2n) is 9.43. The molecule has 0 spiro atoms. The molecule has 34 heavy (non-hydrogen) atoms. The van der Waals surface area contributed by atoms with Crippen molar-refractivity contribution in [2.45, 2.75) is 50.0 Å². The summed E-state index contributed by atoms with van der Waals surface area (Å²) >= 11 is 0. The number of aryl methyl sites for hydroxylation is 2. The van der Waals surface area contributed by atoms with Gasteiger partial charge >= 0.3 is 0 Å². The van der Waals surface area contributed by atoms with Crippen LogP contribution in [-0.4, -0.2) is 56.6 Å². The predicted molar refractivity (Wildman–Crippen MR) is 131 cm³/mol. The summed E-state index contributed by atoms with van der Waals surface area (Å²) in [5.74, 6) is -0.323. The molecule has 8 heteroatoms. The Morgan fingerprint density at radius 1 is 0.971 bits per heavy atom. The standard InChI is InChI=1S/C26H33N3O4S/c1-28(2)26(31)22-9-7-19(8-10-22)18-27-25(30)21-13-15-29(16-14-21)34(32,33)24-12-11-20-5-3-4-6-23(20)17-24/h7-12,17,21H,3-6,13-16,18H2,1-2H3,(H,27,30). The molecule has 0 bridgehead atoms. The van der Waals surface area contributed by atoms with E-state index in [4.69, 9.17) is 0 Å². The minimum absolute atomic E-state index is 0.0562. The average molecular weight is 484 g/mol. The Morgan fingerprint density at radius 2 is 1.62 bits per heavy atom. The van der Waals surface area contributed by atoms with E-state index in [9.17, 15) is 18.0 Å². The monoisotopic (exact) mass is 483 g/mol. The van der Waals surface area contributed by atoms with E-state index < -0.39 is 10.0 Å². The van der Waals surface area contributed by atoms with Gasteiger partial charge in [-0.3, -0.25) is 9.59 Å². The zero-order valence-corrected chi connectivity index (χ0v) is 20.7. The number of hydrogen-bond acceptors (Lipinski definition) is 4. The predicted octanol–water partition coefficient (Wildman–Crippen LogP) is 2.98. The van der Waals surface area contributed by atoms with Gasteiger partial charge in [0.05, 0.1) is 4.90 Å². The van der Waals surface area contributed by atoms with Crippen LogP contribution in [0.25, 0.3) is 0 Å². The van der Waals surface area contributed by atoms with E-state index in [2.05, 4.69) is 5.32 Å². The number of piperidine rings is 1. The molecular formula is C26H33N3O4S. The van der Waals surface area contributed by atoms with E-state index in [1.54, 1.807) is 32.3 Å². The van der Waals surface area contributed by atoms with E-state index in [0.29, 0.717) is 42.9 Å². The van der Waals surface area contributed by atoms with Crippen molar-refractivity contribution in [3.63, 3.8) is 0 Å². The van der Waals surface area contributed by atoms with Gasteiger partial charge in [0.1, 0.15) is 0 Å². The summed E-state index contributed by atoms with van der Waals surface area (Å²) in [6.07, 6.45) is 5.24. The lowest BCUT2D eigenvalue weighted by molar-refractivity contribution is -0.126. The average Bonchev–Trinajstić information content (AvgIpc) is 2.86. The molecule has 0 saturated carbocycles. The summed E-state index contributed by atoms with van der Waals surface area (Å²) in [5, 5.41) is 2.96. The van der Waals surface area contributed by atoms with Gasteiger partial charge in [-0.15, -0.1) is 0 Å². The largest absolute Gasteiger partial charge is 0.352 e. The fourth-order valence-electron chi connectivity index (χ4n) is 4.73. The van der Waals surface area contributed by atoms with Gasteiger partial charge in [-0.05, 0) is 79.5 Å². The number of nitrogens with zero attached hydrogens (tertiary/aromatic N) is 2. The lowest BCUT2D eigenvalue weighted by atomic mass is 9.92. The maximum Gasteiger partial charge on any atom is 0.253 e. The number of hydrogen-bond donors (Lipinski definition) is 1. The highest BCUT2D eigenvalue weighted by Crippen LogP contribution is 2.28. The van der Waals surface area contributed by atoms with Crippen LogP contribution in [0.1, 0.15) is 52.7 Å². The lowest BCUT2D eigenvalue weighted by Crippen LogP contribution is -2.42. The molecule has 1 saturated heterocycles. The molecule has 1 fully saturated rings. The Hall–Kier alpha value is -2.71. The molecule has 0 aromatic heterocycles. The topological polar surface area (TPSA) is 86.8 Å². The molecule has 0 radical (unpaired) electrons. The van der Waals surface area contributed by atoms with E-state index in [1.807, 2.05) is 24.3 Å². The molecule has 2 aromatic carbocycles. The first-order chi connectivity index (χ1) is 16.3. The number of nitrogens with one attached hydrogen (secondary N) is 1. The highest BCUT2D eigenvalue weighted by molar-refractivity contribution is 7.89. The number of fused-ring (bicyclic) bond motifs is 1. The molecule has 4 rings (SSSR count). The Labute approximate surface area is 202 Å². The quantitative estimate of drug-likeness (QED) is 0.684. The first-order valence-electron chi connectivity index (χ1n) is 12.0. The van der Waals surface area contributed by atoms with Crippen LogP contribution < -0.4 is 5.32 Å². The first kappa shape index (κ1) is 24.4. The normalized spacial score (nSPS) is 17.1. The van der Waals surface area contributed by atoms with Gasteiger partial charge in [-0.25, -0.2) is 8.42 Å². The van der Waals surface area contributed by atoms with Crippen LogP contribution in [-0.2, 0) is 34.2 Å². The molecule has 182 valence electrons. The van der Waals surface area contributed by atoms with Crippen LogP contribution >= 0.6 is 0 Å². The van der Waals surface area contributed by atoms with Crippen LogP contribution in [0, 0.1) is 5.92 Å². The first-order valence-corrected chi connectivity index (χ1v) is 13.4. The van der Waals surface area contributed by atoms with Gasteiger partial charge < -0.3 is 10.2 Å². The summed E-state index contributed by atoms with van der Waals surface area (Å²) in [6.45, 7) is 1.07. The fraction of sp³-hybridized carbons (Fsp3) is 0.462. The van der Waals surface area contributed by atoms with Gasteiger partial charge in [0, 0.05) is 45.2 Å². The Bertz CT molecular complexity index is 1150. The molecular weight excluding hydrogens is 450 g/mol. The van der Waals surface area contributed by atoms with Crippen molar-refractivity contribution in [1.29, 1.82) is 0 Å². The third-order valence-electron chi connectivity index (χ3n) is 6.86. The maximum absolute atomic E-state index is 13.2. The molecule has 1 heterocycles. The number of amides is 2. The van der Waals surface area contributed by atoms with Crippen molar-refractivity contribution in [1.82, 2.24) is 14.5 Å². The number of carbonyl (C=O) groups is 2. The van der Waals surface area contributed by atoms with Gasteiger partial charge in [0.25, 0.3) is 5.91 Å². The highest BCUT2D eigenvalue weighted by Gasteiger charge is 2.32.